The minimum Gasteiger partial charge on any atom is -0.449 e. The van der Waals surface area contributed by atoms with Crippen LogP contribution in [0.5, 0.6) is 0 Å². The SMILES string of the molecule is Cc1ccc(-c2nnc(C(C)OC(=O)c3ccc(-n4cncn4)cc3)o2)cc1. The maximum atomic E-state index is 12.4. The highest BCUT2D eigenvalue weighted by Gasteiger charge is 2.20. The number of carbonyl (C=O) groups excluding carboxylic acids is 1. The van der Waals surface area contributed by atoms with Crippen molar-refractivity contribution in [3.63, 3.8) is 0 Å². The van der Waals surface area contributed by atoms with Crippen molar-refractivity contribution < 1.29 is 13.9 Å². The van der Waals surface area contributed by atoms with Crippen molar-refractivity contribution in [1.29, 1.82) is 0 Å². The molecule has 0 saturated carbocycles. The Hall–Kier alpha value is -3.81. The lowest BCUT2D eigenvalue weighted by Crippen LogP contribution is -2.09. The molecule has 2 aromatic carbocycles. The van der Waals surface area contributed by atoms with E-state index < -0.39 is 12.1 Å². The Morgan fingerprint density at radius 2 is 1.82 bits per heavy atom. The van der Waals surface area contributed by atoms with E-state index in [4.69, 9.17) is 9.15 Å². The predicted octanol–water partition coefficient (Wildman–Crippen LogP) is 3.54. The van der Waals surface area contributed by atoms with Gasteiger partial charge in [0, 0.05) is 5.56 Å². The number of benzene rings is 2. The molecule has 28 heavy (non-hydrogen) atoms. The number of ether oxygens (including phenoxy) is 1. The molecule has 0 saturated heterocycles. The largest absolute Gasteiger partial charge is 0.449 e. The summed E-state index contributed by atoms with van der Waals surface area (Å²) in [6.45, 7) is 3.69. The van der Waals surface area contributed by atoms with E-state index in [1.807, 2.05) is 31.2 Å². The molecule has 8 heteroatoms. The smallest absolute Gasteiger partial charge is 0.338 e. The zero-order valence-electron chi connectivity index (χ0n) is 15.3. The third kappa shape index (κ3) is 3.66. The van der Waals surface area contributed by atoms with Crippen molar-refractivity contribution in [3.8, 4) is 17.1 Å². The minimum atomic E-state index is -0.672. The van der Waals surface area contributed by atoms with Crippen LogP contribution in [0, 0.1) is 6.92 Å². The van der Waals surface area contributed by atoms with Gasteiger partial charge in [0.25, 0.3) is 5.89 Å². The van der Waals surface area contributed by atoms with Crippen LogP contribution in [0.2, 0.25) is 0 Å². The summed E-state index contributed by atoms with van der Waals surface area (Å²) in [5.41, 5.74) is 3.16. The van der Waals surface area contributed by atoms with Gasteiger partial charge in [0.1, 0.15) is 12.7 Å². The average molecular weight is 375 g/mol. The second kappa shape index (κ2) is 7.43. The van der Waals surface area contributed by atoms with Crippen molar-refractivity contribution in [1.82, 2.24) is 25.0 Å². The van der Waals surface area contributed by atoms with Crippen LogP contribution in [0.1, 0.15) is 34.8 Å². The molecule has 0 spiro atoms. The first kappa shape index (κ1) is 17.6. The Balaban J connectivity index is 1.44. The number of carbonyl (C=O) groups is 1. The number of hydrogen-bond donors (Lipinski definition) is 0. The first-order valence-electron chi connectivity index (χ1n) is 8.66. The van der Waals surface area contributed by atoms with E-state index in [1.54, 1.807) is 42.2 Å². The number of esters is 1. The van der Waals surface area contributed by atoms with Gasteiger partial charge in [0.15, 0.2) is 6.10 Å². The van der Waals surface area contributed by atoms with Crippen LogP contribution in [0.25, 0.3) is 17.1 Å². The lowest BCUT2D eigenvalue weighted by molar-refractivity contribution is 0.0280. The topological polar surface area (TPSA) is 95.9 Å². The highest BCUT2D eigenvalue weighted by atomic mass is 16.6. The quantitative estimate of drug-likeness (QED) is 0.492. The van der Waals surface area contributed by atoms with Gasteiger partial charge in [-0.15, -0.1) is 10.2 Å². The van der Waals surface area contributed by atoms with Gasteiger partial charge in [-0.2, -0.15) is 5.10 Å². The molecule has 4 rings (SSSR count). The summed E-state index contributed by atoms with van der Waals surface area (Å²) >= 11 is 0. The van der Waals surface area contributed by atoms with Crippen molar-refractivity contribution in [3.05, 3.63) is 78.2 Å². The van der Waals surface area contributed by atoms with Gasteiger partial charge < -0.3 is 9.15 Å². The Morgan fingerprint density at radius 1 is 1.07 bits per heavy atom. The van der Waals surface area contributed by atoms with E-state index in [1.165, 1.54) is 6.33 Å². The van der Waals surface area contributed by atoms with Gasteiger partial charge in [-0.3, -0.25) is 0 Å². The van der Waals surface area contributed by atoms with Gasteiger partial charge >= 0.3 is 5.97 Å². The molecule has 140 valence electrons. The number of hydrogen-bond acceptors (Lipinski definition) is 7. The lowest BCUT2D eigenvalue weighted by Gasteiger charge is -2.09. The molecule has 0 aliphatic heterocycles. The fourth-order valence-corrected chi connectivity index (χ4v) is 2.58. The first-order valence-corrected chi connectivity index (χ1v) is 8.66. The summed E-state index contributed by atoms with van der Waals surface area (Å²) in [6, 6.07) is 14.6. The van der Waals surface area contributed by atoms with Crippen LogP contribution in [0.15, 0.2) is 65.6 Å². The standard InChI is InChI=1S/C20H17N5O3/c1-13-3-5-15(6-4-13)19-24-23-18(28-19)14(2)27-20(26)16-7-9-17(10-8-16)25-12-21-11-22-25/h3-12,14H,1-2H3. The molecular formula is C20H17N5O3. The molecule has 0 aliphatic rings. The summed E-state index contributed by atoms with van der Waals surface area (Å²) in [5, 5.41) is 12.1. The van der Waals surface area contributed by atoms with Gasteiger partial charge in [-0.25, -0.2) is 14.5 Å². The van der Waals surface area contributed by atoms with Crippen molar-refractivity contribution in [2.24, 2.45) is 0 Å². The molecular weight excluding hydrogens is 358 g/mol. The summed E-state index contributed by atoms with van der Waals surface area (Å²) < 4.78 is 12.7. The molecule has 1 unspecified atom stereocenters. The molecule has 0 radical (unpaired) electrons. The number of aromatic nitrogens is 5. The molecule has 2 heterocycles. The highest BCUT2D eigenvalue weighted by Crippen LogP contribution is 2.23. The molecule has 1 atom stereocenters. The molecule has 0 aliphatic carbocycles. The molecule has 0 bridgehead atoms. The second-order valence-corrected chi connectivity index (χ2v) is 6.25. The summed E-state index contributed by atoms with van der Waals surface area (Å²) in [5.74, 6) is 0.144. The van der Waals surface area contributed by atoms with E-state index in [-0.39, 0.29) is 5.89 Å². The normalized spacial score (nSPS) is 11.9. The Kier molecular flexibility index (Phi) is 4.67. The van der Waals surface area contributed by atoms with Crippen LogP contribution < -0.4 is 0 Å². The molecule has 2 aromatic heterocycles. The van der Waals surface area contributed by atoms with Gasteiger partial charge in [-0.05, 0) is 50.2 Å². The Bertz CT molecular complexity index is 1070. The summed E-state index contributed by atoms with van der Waals surface area (Å²) in [7, 11) is 0. The fourth-order valence-electron chi connectivity index (χ4n) is 2.58. The van der Waals surface area contributed by atoms with Crippen LogP contribution in [-0.4, -0.2) is 30.9 Å². The van der Waals surface area contributed by atoms with E-state index in [0.29, 0.717) is 11.5 Å². The zero-order valence-corrected chi connectivity index (χ0v) is 15.3. The lowest BCUT2D eigenvalue weighted by atomic mass is 10.1. The van der Waals surface area contributed by atoms with Gasteiger partial charge in [-0.1, -0.05) is 17.7 Å². The van der Waals surface area contributed by atoms with E-state index in [2.05, 4.69) is 20.3 Å². The van der Waals surface area contributed by atoms with Crippen molar-refractivity contribution >= 4 is 5.97 Å². The molecule has 0 fully saturated rings. The maximum absolute atomic E-state index is 12.4. The van der Waals surface area contributed by atoms with Crippen LogP contribution in [0.3, 0.4) is 0 Å². The van der Waals surface area contributed by atoms with Gasteiger partial charge in [0.2, 0.25) is 5.89 Å². The number of nitrogens with zero attached hydrogens (tertiary/aromatic N) is 5. The predicted molar refractivity (Wildman–Crippen MR) is 99.7 cm³/mol. The highest BCUT2D eigenvalue weighted by molar-refractivity contribution is 5.89. The summed E-state index contributed by atoms with van der Waals surface area (Å²) in [4.78, 5) is 16.3. The van der Waals surface area contributed by atoms with E-state index in [9.17, 15) is 4.79 Å². The van der Waals surface area contributed by atoms with Crippen LogP contribution >= 0.6 is 0 Å². The molecule has 8 nitrogen and oxygen atoms in total. The second-order valence-electron chi connectivity index (χ2n) is 6.25. The third-order valence-electron chi connectivity index (χ3n) is 4.16. The maximum Gasteiger partial charge on any atom is 0.338 e. The third-order valence-corrected chi connectivity index (χ3v) is 4.16. The van der Waals surface area contributed by atoms with Crippen LogP contribution in [0.4, 0.5) is 0 Å². The van der Waals surface area contributed by atoms with Gasteiger partial charge in [0.05, 0.1) is 11.3 Å². The summed E-state index contributed by atoms with van der Waals surface area (Å²) in [6.07, 6.45) is 2.35. The average Bonchev–Trinajstić information content (AvgIpc) is 3.41. The number of aryl methyl sites for hydroxylation is 1. The fraction of sp³-hybridized carbons (Fsp3) is 0.150. The van der Waals surface area contributed by atoms with E-state index >= 15 is 0 Å². The first-order chi connectivity index (χ1) is 13.6. The van der Waals surface area contributed by atoms with Crippen molar-refractivity contribution in [2.45, 2.75) is 20.0 Å². The Labute approximate surface area is 160 Å². The molecule has 0 amide bonds. The monoisotopic (exact) mass is 375 g/mol. The molecule has 4 aromatic rings. The zero-order chi connectivity index (χ0) is 19.5. The van der Waals surface area contributed by atoms with Crippen molar-refractivity contribution in [2.75, 3.05) is 0 Å². The van der Waals surface area contributed by atoms with E-state index in [0.717, 1.165) is 16.8 Å². The Morgan fingerprint density at radius 3 is 2.50 bits per heavy atom. The number of rotatable bonds is 5. The van der Waals surface area contributed by atoms with Crippen LogP contribution in [-0.2, 0) is 4.74 Å². The molecule has 0 N–H and O–H groups in total. The minimum absolute atomic E-state index is 0.239.